The van der Waals surface area contributed by atoms with Crippen molar-refractivity contribution in [1.29, 1.82) is 0 Å². The highest BCUT2D eigenvalue weighted by atomic mass is 19.1. The van der Waals surface area contributed by atoms with Gasteiger partial charge < -0.3 is 25.2 Å². The van der Waals surface area contributed by atoms with Crippen molar-refractivity contribution >= 4 is 0 Å². The van der Waals surface area contributed by atoms with Gasteiger partial charge in [-0.15, -0.1) is 0 Å². The van der Waals surface area contributed by atoms with E-state index in [4.69, 9.17) is 4.74 Å². The van der Waals surface area contributed by atoms with E-state index in [1.165, 1.54) is 6.07 Å². The van der Waals surface area contributed by atoms with Gasteiger partial charge in [-0.05, 0) is 43.0 Å². The molecule has 1 fully saturated rings. The summed E-state index contributed by atoms with van der Waals surface area (Å²) in [5, 5.41) is 39.1. The summed E-state index contributed by atoms with van der Waals surface area (Å²) in [6.45, 7) is 1.47. The molecule has 2 aromatic carbocycles. The number of halogens is 1. The maximum Gasteiger partial charge on any atom is 0.131 e. The van der Waals surface area contributed by atoms with E-state index in [-0.39, 0.29) is 19.0 Å². The fourth-order valence-electron chi connectivity index (χ4n) is 4.02. The van der Waals surface area contributed by atoms with Crippen LogP contribution in [0.15, 0.2) is 48.5 Å². The normalized spacial score (nSPS) is 24.4. The molecule has 1 aliphatic heterocycles. The average molecular weight is 434 g/mol. The molecular formula is C24H32FNO5. The average Bonchev–Trinajstić information content (AvgIpc) is 2.77. The largest absolute Gasteiger partial charge is 0.395 e. The van der Waals surface area contributed by atoms with Crippen molar-refractivity contribution in [2.75, 3.05) is 26.3 Å². The minimum absolute atomic E-state index is 0.227. The highest BCUT2D eigenvalue weighted by molar-refractivity contribution is 5.64. The maximum absolute atomic E-state index is 14.4. The fraction of sp³-hybridized carbons (Fsp3) is 0.500. The van der Waals surface area contributed by atoms with E-state index in [9.17, 15) is 24.8 Å². The standard InChI is InChI=1S/C24H32FNO5/c25-20-13-17(9-10-19(20)18-7-3-1-4-8-18)16-31-12-6-2-5-11-26-14-22(28)24(30)23(29)21(26)15-27/h1,3-4,7-10,13,21-24,27-30H,2,5-6,11-12,14-16H2/t21-,22+,23?,24-/m1/s1. The van der Waals surface area contributed by atoms with Gasteiger partial charge in [0.1, 0.15) is 18.0 Å². The van der Waals surface area contributed by atoms with Gasteiger partial charge in [-0.3, -0.25) is 4.90 Å². The smallest absolute Gasteiger partial charge is 0.131 e. The molecule has 1 unspecified atom stereocenters. The molecule has 4 N–H and O–H groups in total. The van der Waals surface area contributed by atoms with Crippen molar-refractivity contribution in [1.82, 2.24) is 4.90 Å². The number of unbranched alkanes of at least 4 members (excludes halogenated alkanes) is 2. The molecule has 0 amide bonds. The number of ether oxygens (including phenoxy) is 1. The Morgan fingerprint density at radius 3 is 2.45 bits per heavy atom. The molecular weight excluding hydrogens is 401 g/mol. The highest BCUT2D eigenvalue weighted by Gasteiger charge is 2.40. The second-order valence-electron chi connectivity index (χ2n) is 8.09. The van der Waals surface area contributed by atoms with Crippen LogP contribution in [-0.2, 0) is 11.3 Å². The number of hydrogen-bond donors (Lipinski definition) is 4. The Bertz CT molecular complexity index is 806. The Morgan fingerprint density at radius 1 is 0.968 bits per heavy atom. The minimum Gasteiger partial charge on any atom is -0.395 e. The van der Waals surface area contributed by atoms with Crippen LogP contribution in [-0.4, -0.2) is 76.0 Å². The molecule has 1 saturated heterocycles. The maximum atomic E-state index is 14.4. The van der Waals surface area contributed by atoms with Crippen molar-refractivity contribution in [3.05, 3.63) is 59.9 Å². The van der Waals surface area contributed by atoms with E-state index < -0.39 is 24.4 Å². The van der Waals surface area contributed by atoms with Crippen molar-refractivity contribution in [3.8, 4) is 11.1 Å². The zero-order valence-electron chi connectivity index (χ0n) is 17.6. The molecule has 4 atom stereocenters. The molecule has 2 aromatic rings. The van der Waals surface area contributed by atoms with Crippen LogP contribution < -0.4 is 0 Å². The summed E-state index contributed by atoms with van der Waals surface area (Å²) in [4.78, 5) is 1.82. The number of nitrogens with zero attached hydrogens (tertiary/aromatic N) is 1. The van der Waals surface area contributed by atoms with Gasteiger partial charge in [0.15, 0.2) is 0 Å². The van der Waals surface area contributed by atoms with E-state index in [1.807, 2.05) is 41.3 Å². The second kappa shape index (κ2) is 11.7. The summed E-state index contributed by atoms with van der Waals surface area (Å²) in [7, 11) is 0. The van der Waals surface area contributed by atoms with Crippen LogP contribution in [0.4, 0.5) is 4.39 Å². The first-order valence-electron chi connectivity index (χ1n) is 10.8. The molecule has 31 heavy (non-hydrogen) atoms. The molecule has 1 aliphatic rings. The van der Waals surface area contributed by atoms with Gasteiger partial charge >= 0.3 is 0 Å². The quantitative estimate of drug-likeness (QED) is 0.428. The summed E-state index contributed by atoms with van der Waals surface area (Å²) in [6.07, 6.45) is -0.884. The summed E-state index contributed by atoms with van der Waals surface area (Å²) in [5.41, 5.74) is 2.21. The Labute approximate surface area is 182 Å². The highest BCUT2D eigenvalue weighted by Crippen LogP contribution is 2.24. The first-order chi connectivity index (χ1) is 15.0. The number of rotatable bonds is 10. The number of aliphatic hydroxyl groups excluding tert-OH is 4. The molecule has 3 rings (SSSR count). The summed E-state index contributed by atoms with van der Waals surface area (Å²) >= 11 is 0. The van der Waals surface area contributed by atoms with Gasteiger partial charge in [0, 0.05) is 18.7 Å². The zero-order chi connectivity index (χ0) is 22.2. The number of piperidine rings is 1. The van der Waals surface area contributed by atoms with E-state index in [1.54, 1.807) is 6.07 Å². The molecule has 170 valence electrons. The number of hydrogen-bond acceptors (Lipinski definition) is 6. The molecule has 0 aromatic heterocycles. The van der Waals surface area contributed by atoms with Gasteiger partial charge in [-0.25, -0.2) is 4.39 Å². The van der Waals surface area contributed by atoms with Gasteiger partial charge in [0.05, 0.1) is 25.4 Å². The van der Waals surface area contributed by atoms with Crippen LogP contribution in [0.3, 0.4) is 0 Å². The molecule has 7 heteroatoms. The first-order valence-corrected chi connectivity index (χ1v) is 10.8. The summed E-state index contributed by atoms with van der Waals surface area (Å²) in [6, 6.07) is 14.0. The zero-order valence-corrected chi connectivity index (χ0v) is 17.6. The molecule has 0 bridgehead atoms. The first kappa shape index (κ1) is 23.8. The molecule has 0 spiro atoms. The Hall–Kier alpha value is -1.87. The molecule has 6 nitrogen and oxygen atoms in total. The lowest BCUT2D eigenvalue weighted by Crippen LogP contribution is -2.62. The SMILES string of the molecule is OC[C@@H]1C(O)[C@H](O)[C@@H](O)CN1CCCCCOCc1ccc(-c2ccccc2)c(F)c1. The number of benzene rings is 2. The summed E-state index contributed by atoms with van der Waals surface area (Å²) in [5.74, 6) is -0.262. The van der Waals surface area contributed by atoms with Gasteiger partial charge in [0.2, 0.25) is 0 Å². The summed E-state index contributed by atoms with van der Waals surface area (Å²) < 4.78 is 20.1. The Morgan fingerprint density at radius 2 is 1.74 bits per heavy atom. The Kier molecular flexibility index (Phi) is 8.95. The fourth-order valence-corrected chi connectivity index (χ4v) is 4.02. The minimum atomic E-state index is -1.23. The predicted octanol–water partition coefficient (Wildman–Crippen LogP) is 1.94. The van der Waals surface area contributed by atoms with Gasteiger partial charge in [0.25, 0.3) is 0 Å². The van der Waals surface area contributed by atoms with Crippen molar-refractivity contribution in [2.24, 2.45) is 0 Å². The van der Waals surface area contributed by atoms with E-state index in [0.717, 1.165) is 30.4 Å². The van der Waals surface area contributed by atoms with Crippen molar-refractivity contribution < 1.29 is 29.6 Å². The number of likely N-dealkylation sites (tertiary alicyclic amines) is 1. The second-order valence-corrected chi connectivity index (χ2v) is 8.09. The lowest BCUT2D eigenvalue weighted by Gasteiger charge is -2.43. The van der Waals surface area contributed by atoms with Crippen LogP contribution in [0.5, 0.6) is 0 Å². The molecule has 1 heterocycles. The van der Waals surface area contributed by atoms with Crippen LogP contribution in [0.1, 0.15) is 24.8 Å². The molecule has 0 aliphatic carbocycles. The van der Waals surface area contributed by atoms with E-state index in [2.05, 4.69) is 0 Å². The van der Waals surface area contributed by atoms with Crippen LogP contribution >= 0.6 is 0 Å². The monoisotopic (exact) mass is 433 g/mol. The third kappa shape index (κ3) is 6.32. The van der Waals surface area contributed by atoms with Crippen LogP contribution in [0, 0.1) is 5.82 Å². The number of β-amino-alcohol motifs (C(OH)–C–C–N with tert-alkyl or cyclic N) is 1. The van der Waals surface area contributed by atoms with Gasteiger partial charge in [-0.1, -0.05) is 42.5 Å². The van der Waals surface area contributed by atoms with E-state index in [0.29, 0.717) is 25.3 Å². The number of aliphatic hydroxyl groups is 4. The van der Waals surface area contributed by atoms with Crippen molar-refractivity contribution in [2.45, 2.75) is 50.2 Å². The topological polar surface area (TPSA) is 93.4 Å². The molecule has 0 radical (unpaired) electrons. The Balaban J connectivity index is 1.35. The van der Waals surface area contributed by atoms with Crippen LogP contribution in [0.25, 0.3) is 11.1 Å². The third-order valence-corrected chi connectivity index (χ3v) is 5.84. The molecule has 0 saturated carbocycles. The van der Waals surface area contributed by atoms with E-state index >= 15 is 0 Å². The lowest BCUT2D eigenvalue weighted by molar-refractivity contribution is -0.145. The van der Waals surface area contributed by atoms with Gasteiger partial charge in [-0.2, -0.15) is 0 Å². The van der Waals surface area contributed by atoms with Crippen molar-refractivity contribution in [3.63, 3.8) is 0 Å². The predicted molar refractivity (Wildman–Crippen MR) is 116 cm³/mol. The third-order valence-electron chi connectivity index (χ3n) is 5.84. The lowest BCUT2D eigenvalue weighted by atomic mass is 9.94. The van der Waals surface area contributed by atoms with Crippen LogP contribution in [0.2, 0.25) is 0 Å².